The molecule has 0 heterocycles. The first-order valence-electron chi connectivity index (χ1n) is 6.72. The molecule has 0 aliphatic rings. The Morgan fingerprint density at radius 1 is 0.619 bits per heavy atom. The molecule has 3 rings (SSSR count). The number of rotatable bonds is 3. The van der Waals surface area contributed by atoms with Crippen LogP contribution in [0.25, 0.3) is 0 Å². The molecule has 0 atom stereocenters. The minimum atomic E-state index is -2.85. The second-order valence-corrected chi connectivity index (χ2v) is 8.08. The molecule has 21 heavy (non-hydrogen) atoms. The van der Waals surface area contributed by atoms with Crippen LogP contribution < -0.4 is 15.9 Å². The van der Waals surface area contributed by atoms with Gasteiger partial charge in [-0.05, 0) is 12.1 Å². The van der Waals surface area contributed by atoms with Crippen LogP contribution in [0.2, 0.25) is 0 Å². The predicted molar refractivity (Wildman–Crippen MR) is 93.1 cm³/mol. The monoisotopic (exact) mass is 310 g/mol. The molecule has 0 unspecified atom stereocenters. The first kappa shape index (κ1) is 14.2. The maximum absolute atomic E-state index is 13.9. The van der Waals surface area contributed by atoms with Gasteiger partial charge in [-0.3, -0.25) is 0 Å². The predicted octanol–water partition coefficient (Wildman–Crippen LogP) is 3.61. The van der Waals surface area contributed by atoms with E-state index in [-0.39, 0.29) is 0 Å². The van der Waals surface area contributed by atoms with E-state index in [1.807, 2.05) is 84.9 Å². The third-order valence-electron chi connectivity index (χ3n) is 3.43. The number of hydrogen-bond donors (Lipinski definition) is 1. The van der Waals surface area contributed by atoms with Gasteiger partial charge in [0.15, 0.2) is 7.14 Å². The van der Waals surface area contributed by atoms with Gasteiger partial charge in [0.25, 0.3) is 0 Å². The maximum atomic E-state index is 13.9. The summed E-state index contributed by atoms with van der Waals surface area (Å²) in [5.41, 5.74) is 0. The highest BCUT2D eigenvalue weighted by Gasteiger charge is 2.29. The van der Waals surface area contributed by atoms with Gasteiger partial charge >= 0.3 is 0 Å². The van der Waals surface area contributed by atoms with Crippen molar-refractivity contribution < 1.29 is 4.57 Å². The Balaban J connectivity index is 2.29. The van der Waals surface area contributed by atoms with Crippen LogP contribution in [-0.4, -0.2) is 0 Å². The molecule has 3 aromatic rings. The van der Waals surface area contributed by atoms with E-state index < -0.39 is 7.14 Å². The topological polar surface area (TPSA) is 17.1 Å². The second-order valence-electron chi connectivity index (χ2n) is 4.80. The van der Waals surface area contributed by atoms with E-state index in [1.165, 1.54) is 0 Å². The highest BCUT2D eigenvalue weighted by molar-refractivity contribution is 7.85. The second kappa shape index (κ2) is 5.93. The van der Waals surface area contributed by atoms with Gasteiger partial charge in [-0.2, -0.15) is 0 Å². The minimum absolute atomic E-state index is 0.812. The number of thiol groups is 1. The van der Waals surface area contributed by atoms with E-state index in [4.69, 9.17) is 0 Å². The zero-order valence-corrected chi connectivity index (χ0v) is 13.2. The Morgan fingerprint density at radius 2 is 1.10 bits per heavy atom. The zero-order chi connectivity index (χ0) is 14.7. The molecular weight excluding hydrogens is 295 g/mol. The summed E-state index contributed by atoms with van der Waals surface area (Å²) in [6.07, 6.45) is 0. The third-order valence-corrected chi connectivity index (χ3v) is 6.77. The van der Waals surface area contributed by atoms with E-state index in [0.29, 0.717) is 0 Å². The van der Waals surface area contributed by atoms with Crippen LogP contribution in [0, 0.1) is 0 Å². The lowest BCUT2D eigenvalue weighted by atomic mass is 10.3. The minimum Gasteiger partial charge on any atom is -0.309 e. The lowest BCUT2D eigenvalue weighted by Gasteiger charge is -2.20. The SMILES string of the molecule is O=P(c1ccccc1)(c1ccccc1)c1cccc(S)c1. The smallest absolute Gasteiger partial charge is 0.171 e. The van der Waals surface area contributed by atoms with Crippen molar-refractivity contribution in [3.8, 4) is 0 Å². The summed E-state index contributed by atoms with van der Waals surface area (Å²) >= 11 is 4.39. The Morgan fingerprint density at radius 3 is 1.57 bits per heavy atom. The first-order chi connectivity index (χ1) is 10.2. The molecule has 104 valence electrons. The Labute approximate surface area is 130 Å². The Bertz CT molecular complexity index is 741. The zero-order valence-electron chi connectivity index (χ0n) is 11.4. The van der Waals surface area contributed by atoms with Crippen molar-refractivity contribution in [2.45, 2.75) is 4.90 Å². The molecule has 0 amide bonds. The largest absolute Gasteiger partial charge is 0.309 e. The average molecular weight is 310 g/mol. The van der Waals surface area contributed by atoms with Crippen molar-refractivity contribution in [3.63, 3.8) is 0 Å². The standard InChI is InChI=1S/C18H15OPS/c19-20(15-8-3-1-4-9-15,16-10-5-2-6-11-16)17-12-7-13-18(21)14-17/h1-14,21H. The van der Waals surface area contributed by atoms with E-state index >= 15 is 0 Å². The maximum Gasteiger partial charge on any atom is 0.171 e. The van der Waals surface area contributed by atoms with E-state index in [9.17, 15) is 4.57 Å². The summed E-state index contributed by atoms with van der Waals surface area (Å²) in [6.45, 7) is 0. The molecule has 0 radical (unpaired) electrons. The van der Waals surface area contributed by atoms with Crippen molar-refractivity contribution in [1.29, 1.82) is 0 Å². The number of hydrogen-bond acceptors (Lipinski definition) is 2. The quantitative estimate of drug-likeness (QED) is 0.577. The highest BCUT2D eigenvalue weighted by atomic mass is 32.1. The molecule has 0 bridgehead atoms. The molecule has 0 saturated heterocycles. The summed E-state index contributed by atoms with van der Waals surface area (Å²) in [4.78, 5) is 0.819. The number of benzene rings is 3. The van der Waals surface area contributed by atoms with E-state index in [0.717, 1.165) is 20.8 Å². The van der Waals surface area contributed by atoms with Crippen molar-refractivity contribution in [1.82, 2.24) is 0 Å². The van der Waals surface area contributed by atoms with E-state index in [1.54, 1.807) is 0 Å². The molecule has 0 aliphatic heterocycles. The van der Waals surface area contributed by atoms with Crippen LogP contribution in [-0.2, 0) is 4.57 Å². The van der Waals surface area contributed by atoms with Crippen LogP contribution >= 0.6 is 19.8 Å². The summed E-state index contributed by atoms with van der Waals surface area (Å²) in [5.74, 6) is 0. The fourth-order valence-electron chi connectivity index (χ4n) is 2.41. The molecular formula is C18H15OPS. The van der Waals surface area contributed by atoms with Gasteiger partial charge in [-0.25, -0.2) is 0 Å². The molecule has 0 spiro atoms. The van der Waals surface area contributed by atoms with Crippen molar-refractivity contribution in [2.24, 2.45) is 0 Å². The normalized spacial score (nSPS) is 11.3. The van der Waals surface area contributed by atoms with Crippen LogP contribution in [0.4, 0.5) is 0 Å². The Hall–Kier alpha value is -1.76. The summed E-state index contributed by atoms with van der Waals surface area (Å²) in [5, 5.41) is 2.50. The Kier molecular flexibility index (Phi) is 4.01. The van der Waals surface area contributed by atoms with Gasteiger partial charge in [-0.15, -0.1) is 12.6 Å². The summed E-state index contributed by atoms with van der Waals surface area (Å²) in [7, 11) is -2.85. The summed E-state index contributed by atoms with van der Waals surface area (Å²) < 4.78 is 13.9. The van der Waals surface area contributed by atoms with Crippen molar-refractivity contribution >= 4 is 35.7 Å². The average Bonchev–Trinajstić information content (AvgIpc) is 2.56. The van der Waals surface area contributed by atoms with Gasteiger partial charge in [0.2, 0.25) is 0 Å². The van der Waals surface area contributed by atoms with Gasteiger partial charge in [0.05, 0.1) is 0 Å². The van der Waals surface area contributed by atoms with E-state index in [2.05, 4.69) is 12.6 Å². The molecule has 0 N–H and O–H groups in total. The highest BCUT2D eigenvalue weighted by Crippen LogP contribution is 2.42. The van der Waals surface area contributed by atoms with Crippen LogP contribution in [0.5, 0.6) is 0 Å². The lowest BCUT2D eigenvalue weighted by molar-refractivity contribution is 0.592. The van der Waals surface area contributed by atoms with Crippen LogP contribution in [0.1, 0.15) is 0 Å². The fourth-order valence-corrected chi connectivity index (χ4v) is 5.43. The molecule has 3 aromatic carbocycles. The van der Waals surface area contributed by atoms with Crippen molar-refractivity contribution in [3.05, 3.63) is 84.9 Å². The van der Waals surface area contributed by atoms with Crippen LogP contribution in [0.3, 0.4) is 0 Å². The first-order valence-corrected chi connectivity index (χ1v) is 8.87. The van der Waals surface area contributed by atoms with Gasteiger partial charge in [-0.1, -0.05) is 72.8 Å². The van der Waals surface area contributed by atoms with Gasteiger partial charge in [0, 0.05) is 20.8 Å². The fraction of sp³-hybridized carbons (Fsp3) is 0. The molecule has 0 saturated carbocycles. The third kappa shape index (κ3) is 2.70. The van der Waals surface area contributed by atoms with Gasteiger partial charge in [0.1, 0.15) is 0 Å². The molecule has 0 aliphatic carbocycles. The summed E-state index contributed by atoms with van der Waals surface area (Å²) in [6, 6.07) is 26.9. The molecule has 0 aromatic heterocycles. The molecule has 1 nitrogen and oxygen atoms in total. The molecule has 3 heteroatoms. The lowest BCUT2D eigenvalue weighted by Crippen LogP contribution is -2.24. The molecule has 0 fully saturated rings. The van der Waals surface area contributed by atoms with Crippen LogP contribution in [0.15, 0.2) is 89.8 Å². The van der Waals surface area contributed by atoms with Crippen molar-refractivity contribution in [2.75, 3.05) is 0 Å². The van der Waals surface area contributed by atoms with Gasteiger partial charge < -0.3 is 4.57 Å².